The van der Waals surface area contributed by atoms with Gasteiger partial charge in [0.1, 0.15) is 13.2 Å². The van der Waals surface area contributed by atoms with E-state index in [9.17, 15) is 0 Å². The minimum atomic E-state index is 0.185. The van der Waals surface area contributed by atoms with Crippen LogP contribution in [0.1, 0.15) is 22.3 Å². The molecule has 3 aromatic carbocycles. The topological polar surface area (TPSA) is 54.6 Å². The summed E-state index contributed by atoms with van der Waals surface area (Å²) in [6.45, 7) is 0.495. The lowest BCUT2D eigenvalue weighted by Crippen LogP contribution is -1.97. The molecule has 0 aliphatic heterocycles. The predicted octanol–water partition coefficient (Wildman–Crippen LogP) is 6.65. The molecule has 0 saturated carbocycles. The molecule has 0 amide bonds. The van der Waals surface area contributed by atoms with Gasteiger partial charge in [-0.3, -0.25) is 0 Å². The third kappa shape index (κ3) is 5.88. The van der Waals surface area contributed by atoms with Crippen molar-refractivity contribution in [1.29, 1.82) is 5.26 Å². The van der Waals surface area contributed by atoms with E-state index in [1.165, 1.54) is 6.21 Å². The van der Waals surface area contributed by atoms with E-state index in [-0.39, 0.29) is 6.61 Å². The van der Waals surface area contributed by atoms with Crippen LogP contribution in [0, 0.1) is 11.3 Å². The molecule has 146 valence electrons. The van der Waals surface area contributed by atoms with Gasteiger partial charge in [-0.25, -0.2) is 0 Å². The first-order chi connectivity index (χ1) is 14.1. The summed E-state index contributed by atoms with van der Waals surface area (Å²) < 4.78 is 5.74. The zero-order valence-corrected chi connectivity index (χ0v) is 17.4. The van der Waals surface area contributed by atoms with Crippen molar-refractivity contribution < 1.29 is 9.57 Å². The molecule has 0 radical (unpaired) electrons. The molecule has 0 heterocycles. The highest BCUT2D eigenvalue weighted by Gasteiger charge is 2.10. The molecule has 0 unspecified atom stereocenters. The third-order valence-electron chi connectivity index (χ3n) is 3.95. The van der Waals surface area contributed by atoms with Gasteiger partial charge in [0.25, 0.3) is 0 Å². The van der Waals surface area contributed by atoms with E-state index in [0.29, 0.717) is 38.6 Å². The number of ether oxygens (including phenoxy) is 1. The van der Waals surface area contributed by atoms with Crippen LogP contribution < -0.4 is 4.74 Å². The Morgan fingerprint density at radius 2 is 1.62 bits per heavy atom. The molecule has 0 spiro atoms. The molecule has 3 rings (SSSR count). The van der Waals surface area contributed by atoms with E-state index < -0.39 is 0 Å². The number of benzene rings is 3. The van der Waals surface area contributed by atoms with E-state index in [4.69, 9.17) is 49.6 Å². The number of nitriles is 1. The van der Waals surface area contributed by atoms with Gasteiger partial charge < -0.3 is 9.57 Å². The molecule has 0 N–H and O–H groups in total. The lowest BCUT2D eigenvalue weighted by molar-refractivity contribution is 0.132. The van der Waals surface area contributed by atoms with Crippen LogP contribution in [0.4, 0.5) is 0 Å². The summed E-state index contributed by atoms with van der Waals surface area (Å²) in [7, 11) is 0. The number of hydrogen-bond acceptors (Lipinski definition) is 4. The molecule has 4 nitrogen and oxygen atoms in total. The van der Waals surface area contributed by atoms with Gasteiger partial charge in [-0.1, -0.05) is 70.3 Å². The van der Waals surface area contributed by atoms with Gasteiger partial charge >= 0.3 is 0 Å². The predicted molar refractivity (Wildman–Crippen MR) is 116 cm³/mol. The highest BCUT2D eigenvalue weighted by atomic mass is 35.5. The first-order valence-corrected chi connectivity index (χ1v) is 9.70. The molecule has 3 aromatic rings. The largest absolute Gasteiger partial charge is 0.486 e. The van der Waals surface area contributed by atoms with Gasteiger partial charge in [0.05, 0.1) is 27.9 Å². The number of nitrogens with zero attached hydrogens (tertiary/aromatic N) is 2. The van der Waals surface area contributed by atoms with Gasteiger partial charge in [-0.2, -0.15) is 5.26 Å². The summed E-state index contributed by atoms with van der Waals surface area (Å²) in [4.78, 5) is 5.28. The lowest BCUT2D eigenvalue weighted by Gasteiger charge is -2.11. The molecule has 0 bridgehead atoms. The summed E-state index contributed by atoms with van der Waals surface area (Å²) >= 11 is 18.5. The van der Waals surface area contributed by atoms with E-state index in [2.05, 4.69) is 11.2 Å². The smallest absolute Gasteiger partial charge is 0.157 e. The second kappa shape index (κ2) is 10.2. The molecule has 0 atom stereocenters. The Bertz CT molecular complexity index is 1040. The van der Waals surface area contributed by atoms with Crippen LogP contribution in [0.2, 0.25) is 15.1 Å². The fourth-order valence-corrected chi connectivity index (χ4v) is 3.23. The van der Waals surface area contributed by atoms with Crippen molar-refractivity contribution in [1.82, 2.24) is 0 Å². The Labute approximate surface area is 183 Å². The maximum atomic E-state index is 9.08. The summed E-state index contributed by atoms with van der Waals surface area (Å²) in [5, 5.41) is 14.4. The summed E-state index contributed by atoms with van der Waals surface area (Å²) in [5.41, 5.74) is 2.91. The monoisotopic (exact) mass is 444 g/mol. The second-order valence-corrected chi connectivity index (χ2v) is 7.26. The van der Waals surface area contributed by atoms with Crippen LogP contribution in [0.3, 0.4) is 0 Å². The Morgan fingerprint density at radius 1 is 0.931 bits per heavy atom. The minimum absolute atomic E-state index is 0.185. The first kappa shape index (κ1) is 21.0. The summed E-state index contributed by atoms with van der Waals surface area (Å²) in [6, 6.07) is 20.0. The van der Waals surface area contributed by atoms with Crippen molar-refractivity contribution in [2.75, 3.05) is 0 Å². The molecule has 0 fully saturated rings. The number of hydrogen-bond donors (Lipinski definition) is 0. The standard InChI is InChI=1S/C22H15Cl3N2O2/c23-19-7-5-15(6-8-19)13-28-22-20(24)9-16(10-21(22)25)12-27-29-14-18-4-2-1-3-17(18)11-26/h1-10,12H,13-14H2/b27-12-. The fraction of sp³-hybridized carbons (Fsp3) is 0.0909. The van der Waals surface area contributed by atoms with Gasteiger partial charge in [-0.15, -0.1) is 0 Å². The van der Waals surface area contributed by atoms with E-state index >= 15 is 0 Å². The van der Waals surface area contributed by atoms with Crippen molar-refractivity contribution in [2.24, 2.45) is 5.16 Å². The highest BCUT2D eigenvalue weighted by molar-refractivity contribution is 6.37. The maximum absolute atomic E-state index is 9.08. The van der Waals surface area contributed by atoms with Crippen molar-refractivity contribution in [3.05, 3.63) is 98.0 Å². The Morgan fingerprint density at radius 3 is 2.31 bits per heavy atom. The SMILES string of the molecule is N#Cc1ccccc1CO/N=C\c1cc(Cl)c(OCc2ccc(Cl)cc2)c(Cl)c1. The minimum Gasteiger partial charge on any atom is -0.486 e. The van der Waals surface area contributed by atoms with Crippen molar-refractivity contribution in [3.8, 4) is 11.8 Å². The zero-order valence-electron chi connectivity index (χ0n) is 15.1. The molecule has 0 aliphatic rings. The third-order valence-corrected chi connectivity index (χ3v) is 4.76. The van der Waals surface area contributed by atoms with E-state index in [0.717, 1.165) is 11.1 Å². The second-order valence-electron chi connectivity index (χ2n) is 6.01. The van der Waals surface area contributed by atoms with Crippen LogP contribution in [0.25, 0.3) is 0 Å². The van der Waals surface area contributed by atoms with E-state index in [1.807, 2.05) is 24.3 Å². The van der Waals surface area contributed by atoms with Gasteiger partial charge in [0.15, 0.2) is 5.75 Å². The molecule has 0 aromatic heterocycles. The summed E-state index contributed by atoms with van der Waals surface area (Å²) in [6.07, 6.45) is 1.50. The average molecular weight is 446 g/mol. The average Bonchev–Trinajstić information content (AvgIpc) is 2.72. The van der Waals surface area contributed by atoms with Crippen LogP contribution >= 0.6 is 34.8 Å². The Kier molecular flexibility index (Phi) is 7.37. The van der Waals surface area contributed by atoms with Gasteiger partial charge in [0, 0.05) is 10.6 Å². The quantitative estimate of drug-likeness (QED) is 0.302. The fourth-order valence-electron chi connectivity index (χ4n) is 2.49. The maximum Gasteiger partial charge on any atom is 0.157 e. The van der Waals surface area contributed by atoms with Gasteiger partial charge in [0.2, 0.25) is 0 Å². The molecule has 0 aliphatic carbocycles. The molecule has 7 heteroatoms. The van der Waals surface area contributed by atoms with Crippen molar-refractivity contribution >= 4 is 41.0 Å². The Balaban J connectivity index is 1.61. The summed E-state index contributed by atoms with van der Waals surface area (Å²) in [5.74, 6) is 0.393. The Hall–Kier alpha value is -2.71. The zero-order chi connectivity index (χ0) is 20.6. The molecular weight excluding hydrogens is 431 g/mol. The van der Waals surface area contributed by atoms with Crippen molar-refractivity contribution in [2.45, 2.75) is 13.2 Å². The molecular formula is C22H15Cl3N2O2. The van der Waals surface area contributed by atoms with Crippen molar-refractivity contribution in [3.63, 3.8) is 0 Å². The molecule has 0 saturated heterocycles. The van der Waals surface area contributed by atoms with Crippen LogP contribution in [0.15, 0.2) is 65.8 Å². The molecule has 29 heavy (non-hydrogen) atoms. The highest BCUT2D eigenvalue weighted by Crippen LogP contribution is 2.34. The number of halogens is 3. The van der Waals surface area contributed by atoms with Gasteiger partial charge in [-0.05, 0) is 41.5 Å². The van der Waals surface area contributed by atoms with Crippen LogP contribution in [0.5, 0.6) is 5.75 Å². The number of oxime groups is 1. The lowest BCUT2D eigenvalue weighted by atomic mass is 10.1. The number of rotatable bonds is 7. The van der Waals surface area contributed by atoms with Crippen LogP contribution in [-0.4, -0.2) is 6.21 Å². The van der Waals surface area contributed by atoms with E-state index in [1.54, 1.807) is 36.4 Å². The first-order valence-electron chi connectivity index (χ1n) is 8.56. The normalized spacial score (nSPS) is 10.7. The van der Waals surface area contributed by atoms with Crippen LogP contribution in [-0.2, 0) is 18.1 Å².